The molecule has 1 amide bonds. The first kappa shape index (κ1) is 16.5. The maximum Gasteiger partial charge on any atom is 0.221 e. The Bertz CT molecular complexity index is 401. The highest BCUT2D eigenvalue weighted by molar-refractivity contribution is 5.76. The molecule has 0 spiro atoms. The van der Waals surface area contributed by atoms with Gasteiger partial charge in [-0.3, -0.25) is 4.79 Å². The zero-order valence-corrected chi connectivity index (χ0v) is 12.7. The van der Waals surface area contributed by atoms with Crippen LogP contribution in [0.25, 0.3) is 0 Å². The van der Waals surface area contributed by atoms with Crippen LogP contribution in [0.15, 0.2) is 24.3 Å². The van der Waals surface area contributed by atoms with E-state index in [4.69, 9.17) is 10.5 Å². The molecule has 0 saturated heterocycles. The van der Waals surface area contributed by atoms with Crippen molar-refractivity contribution in [2.24, 2.45) is 17.6 Å². The van der Waals surface area contributed by atoms with E-state index in [-0.39, 0.29) is 12.3 Å². The fourth-order valence-corrected chi connectivity index (χ4v) is 1.82. The van der Waals surface area contributed by atoms with Crippen LogP contribution in [0.4, 0.5) is 0 Å². The molecule has 20 heavy (non-hydrogen) atoms. The lowest BCUT2D eigenvalue weighted by atomic mass is 10.1. The van der Waals surface area contributed by atoms with Gasteiger partial charge >= 0.3 is 0 Å². The van der Waals surface area contributed by atoms with E-state index in [1.807, 2.05) is 24.3 Å². The lowest BCUT2D eigenvalue weighted by Gasteiger charge is -2.15. The normalized spacial score (nSPS) is 12.4. The average Bonchev–Trinajstić information content (AvgIpc) is 2.37. The van der Waals surface area contributed by atoms with Crippen molar-refractivity contribution in [3.05, 3.63) is 29.8 Å². The molecule has 0 bridgehead atoms. The second-order valence-corrected chi connectivity index (χ2v) is 5.76. The molecule has 0 aliphatic heterocycles. The second kappa shape index (κ2) is 8.59. The standard InChI is InChI=1S/C16H26N2O2/c1-12(2)9-18-10-13(3)11-20-15-6-4-14(5-7-15)8-16(17)19/h4-7,12-13,18H,8-11H2,1-3H3,(H2,17,19). The van der Waals surface area contributed by atoms with E-state index >= 15 is 0 Å². The van der Waals surface area contributed by atoms with Crippen LogP contribution >= 0.6 is 0 Å². The first-order valence-corrected chi connectivity index (χ1v) is 7.18. The third-order valence-corrected chi connectivity index (χ3v) is 2.88. The van der Waals surface area contributed by atoms with Crippen molar-refractivity contribution in [1.82, 2.24) is 5.32 Å². The summed E-state index contributed by atoms with van der Waals surface area (Å²) in [5, 5.41) is 3.42. The fourth-order valence-electron chi connectivity index (χ4n) is 1.82. The number of benzene rings is 1. The summed E-state index contributed by atoms with van der Waals surface area (Å²) in [7, 11) is 0. The third-order valence-electron chi connectivity index (χ3n) is 2.88. The van der Waals surface area contributed by atoms with E-state index in [2.05, 4.69) is 26.1 Å². The van der Waals surface area contributed by atoms with Crippen LogP contribution in [-0.2, 0) is 11.2 Å². The summed E-state index contributed by atoms with van der Waals surface area (Å²) < 4.78 is 5.73. The van der Waals surface area contributed by atoms with Gasteiger partial charge in [-0.2, -0.15) is 0 Å². The molecule has 4 heteroatoms. The molecule has 4 nitrogen and oxygen atoms in total. The number of rotatable bonds is 9. The Balaban J connectivity index is 2.28. The Labute approximate surface area is 121 Å². The first-order chi connectivity index (χ1) is 9.47. The Morgan fingerprint density at radius 1 is 1.20 bits per heavy atom. The maximum absolute atomic E-state index is 10.8. The van der Waals surface area contributed by atoms with Crippen molar-refractivity contribution in [1.29, 1.82) is 0 Å². The molecule has 3 N–H and O–H groups in total. The number of carbonyl (C=O) groups excluding carboxylic acids is 1. The summed E-state index contributed by atoms with van der Waals surface area (Å²) in [6, 6.07) is 7.52. The minimum absolute atomic E-state index is 0.274. The molecule has 0 heterocycles. The van der Waals surface area contributed by atoms with Crippen LogP contribution in [0.5, 0.6) is 5.75 Å². The van der Waals surface area contributed by atoms with Crippen molar-refractivity contribution in [2.45, 2.75) is 27.2 Å². The van der Waals surface area contributed by atoms with Crippen molar-refractivity contribution < 1.29 is 9.53 Å². The number of primary amides is 1. The van der Waals surface area contributed by atoms with Crippen molar-refractivity contribution in [2.75, 3.05) is 19.7 Å². The number of amides is 1. The van der Waals surface area contributed by atoms with Crippen molar-refractivity contribution in [3.8, 4) is 5.75 Å². The molecule has 0 radical (unpaired) electrons. The largest absolute Gasteiger partial charge is 0.493 e. The zero-order valence-electron chi connectivity index (χ0n) is 12.7. The Kier molecular flexibility index (Phi) is 7.09. The smallest absolute Gasteiger partial charge is 0.221 e. The summed E-state index contributed by atoms with van der Waals surface area (Å²) in [6.07, 6.45) is 0.274. The van der Waals surface area contributed by atoms with Crippen molar-refractivity contribution >= 4 is 5.91 Å². The van der Waals surface area contributed by atoms with E-state index in [1.165, 1.54) is 0 Å². The van der Waals surface area contributed by atoms with Gasteiger partial charge in [0.2, 0.25) is 5.91 Å². The minimum atomic E-state index is -0.316. The van der Waals surface area contributed by atoms with E-state index in [0.29, 0.717) is 18.4 Å². The van der Waals surface area contributed by atoms with Gasteiger partial charge in [-0.15, -0.1) is 0 Å². The predicted molar refractivity (Wildman–Crippen MR) is 81.7 cm³/mol. The number of nitrogens with two attached hydrogens (primary N) is 1. The van der Waals surface area contributed by atoms with Gasteiger partial charge in [0.1, 0.15) is 5.75 Å². The number of ether oxygens (including phenoxy) is 1. The molecule has 1 unspecified atom stereocenters. The highest BCUT2D eigenvalue weighted by Crippen LogP contribution is 2.13. The summed E-state index contributed by atoms with van der Waals surface area (Å²) in [6.45, 7) is 9.22. The Hall–Kier alpha value is -1.55. The van der Waals surface area contributed by atoms with E-state index in [1.54, 1.807) is 0 Å². The van der Waals surface area contributed by atoms with Crippen LogP contribution < -0.4 is 15.8 Å². The van der Waals surface area contributed by atoms with E-state index in [9.17, 15) is 4.79 Å². The topological polar surface area (TPSA) is 64.3 Å². The number of carbonyl (C=O) groups is 1. The molecule has 1 rings (SSSR count). The quantitative estimate of drug-likeness (QED) is 0.726. The molecule has 0 aliphatic carbocycles. The molecule has 1 aromatic rings. The minimum Gasteiger partial charge on any atom is -0.493 e. The lowest BCUT2D eigenvalue weighted by Crippen LogP contribution is -2.28. The second-order valence-electron chi connectivity index (χ2n) is 5.76. The molecular formula is C16H26N2O2. The SMILES string of the molecule is CC(C)CNCC(C)COc1ccc(CC(N)=O)cc1. The molecule has 0 aliphatic rings. The van der Waals surface area contributed by atoms with Gasteiger partial charge in [0.25, 0.3) is 0 Å². The number of hydrogen-bond acceptors (Lipinski definition) is 3. The number of hydrogen-bond donors (Lipinski definition) is 2. The molecule has 1 aromatic carbocycles. The van der Waals surface area contributed by atoms with Crippen LogP contribution in [0.2, 0.25) is 0 Å². The lowest BCUT2D eigenvalue weighted by molar-refractivity contribution is -0.117. The average molecular weight is 278 g/mol. The molecule has 0 aromatic heterocycles. The Morgan fingerprint density at radius 3 is 2.40 bits per heavy atom. The van der Waals surface area contributed by atoms with Gasteiger partial charge in [-0.05, 0) is 30.2 Å². The van der Waals surface area contributed by atoms with Crippen LogP contribution in [0.1, 0.15) is 26.3 Å². The van der Waals surface area contributed by atoms with Gasteiger partial charge in [-0.1, -0.05) is 32.9 Å². The summed E-state index contributed by atoms with van der Waals surface area (Å²) in [5.74, 6) is 1.64. The number of nitrogens with one attached hydrogen (secondary N) is 1. The van der Waals surface area contributed by atoms with Gasteiger partial charge in [0.05, 0.1) is 13.0 Å². The molecule has 1 atom stereocenters. The highest BCUT2D eigenvalue weighted by Gasteiger charge is 2.04. The summed E-state index contributed by atoms with van der Waals surface area (Å²) in [4.78, 5) is 10.8. The summed E-state index contributed by atoms with van der Waals surface area (Å²) in [5.41, 5.74) is 6.06. The van der Waals surface area contributed by atoms with Gasteiger partial charge < -0.3 is 15.8 Å². The van der Waals surface area contributed by atoms with Crippen LogP contribution in [0, 0.1) is 11.8 Å². The van der Waals surface area contributed by atoms with Crippen LogP contribution in [-0.4, -0.2) is 25.6 Å². The van der Waals surface area contributed by atoms with E-state index in [0.717, 1.165) is 24.4 Å². The first-order valence-electron chi connectivity index (χ1n) is 7.18. The van der Waals surface area contributed by atoms with E-state index < -0.39 is 0 Å². The van der Waals surface area contributed by atoms with Crippen LogP contribution in [0.3, 0.4) is 0 Å². The Morgan fingerprint density at radius 2 is 1.85 bits per heavy atom. The van der Waals surface area contributed by atoms with Gasteiger partial charge in [0.15, 0.2) is 0 Å². The third kappa shape index (κ3) is 7.14. The fraction of sp³-hybridized carbons (Fsp3) is 0.562. The molecule has 112 valence electrons. The summed E-state index contributed by atoms with van der Waals surface area (Å²) >= 11 is 0. The monoisotopic (exact) mass is 278 g/mol. The molecule has 0 saturated carbocycles. The molecule has 0 fully saturated rings. The van der Waals surface area contributed by atoms with Gasteiger partial charge in [0, 0.05) is 12.5 Å². The predicted octanol–water partition coefficient (Wildman–Crippen LogP) is 1.97. The maximum atomic E-state index is 10.8. The highest BCUT2D eigenvalue weighted by atomic mass is 16.5. The molecular weight excluding hydrogens is 252 g/mol. The zero-order chi connectivity index (χ0) is 15.0. The van der Waals surface area contributed by atoms with Gasteiger partial charge in [-0.25, -0.2) is 0 Å². The van der Waals surface area contributed by atoms with Crippen molar-refractivity contribution in [3.63, 3.8) is 0 Å².